The summed E-state index contributed by atoms with van der Waals surface area (Å²) in [5.74, 6) is -0.681. The normalized spacial score (nSPS) is 20.2. The molecule has 1 aromatic heterocycles. The zero-order valence-electron chi connectivity index (χ0n) is 20.5. The van der Waals surface area contributed by atoms with Gasteiger partial charge in [-0.15, -0.1) is 0 Å². The van der Waals surface area contributed by atoms with E-state index in [9.17, 15) is 27.6 Å². The number of alkyl halides is 3. The van der Waals surface area contributed by atoms with Crippen molar-refractivity contribution in [2.45, 2.75) is 57.8 Å². The van der Waals surface area contributed by atoms with Gasteiger partial charge in [0.2, 0.25) is 5.91 Å². The van der Waals surface area contributed by atoms with Crippen LogP contribution in [0.3, 0.4) is 0 Å². The van der Waals surface area contributed by atoms with Crippen LogP contribution in [0.4, 0.5) is 13.2 Å². The number of carbonyl (C=O) groups is 2. The van der Waals surface area contributed by atoms with Gasteiger partial charge in [0.05, 0.1) is 12.1 Å². The zero-order valence-corrected chi connectivity index (χ0v) is 20.5. The number of hydrogen-bond acceptors (Lipinski definition) is 4. The second-order valence-corrected chi connectivity index (χ2v) is 9.74. The minimum Gasteiger partial charge on any atom is -0.352 e. The quantitative estimate of drug-likeness (QED) is 0.419. The van der Waals surface area contributed by atoms with Gasteiger partial charge < -0.3 is 20.9 Å². The van der Waals surface area contributed by atoms with Gasteiger partial charge in [0, 0.05) is 29.4 Å². The van der Waals surface area contributed by atoms with Crippen molar-refractivity contribution in [2.75, 3.05) is 13.1 Å². The van der Waals surface area contributed by atoms with Gasteiger partial charge in [-0.05, 0) is 68.3 Å². The van der Waals surface area contributed by atoms with Gasteiger partial charge in [0.25, 0.3) is 11.5 Å². The van der Waals surface area contributed by atoms with Crippen LogP contribution in [0.25, 0.3) is 0 Å². The van der Waals surface area contributed by atoms with E-state index in [1.54, 1.807) is 18.3 Å². The molecule has 1 aliphatic rings. The number of benzene rings is 1. The third-order valence-corrected chi connectivity index (χ3v) is 6.39. The fourth-order valence-corrected chi connectivity index (χ4v) is 4.52. The Hall–Kier alpha value is -3.14. The number of aromatic amines is 1. The van der Waals surface area contributed by atoms with Gasteiger partial charge in [-0.25, -0.2) is 0 Å². The molecule has 0 saturated heterocycles. The zero-order chi connectivity index (χ0) is 26.3. The molecule has 2 aromatic rings. The number of H-pyrrole nitrogens is 1. The van der Waals surface area contributed by atoms with Gasteiger partial charge in [-0.1, -0.05) is 26.0 Å². The van der Waals surface area contributed by atoms with E-state index in [-0.39, 0.29) is 35.7 Å². The average molecular weight is 507 g/mol. The van der Waals surface area contributed by atoms with Gasteiger partial charge in [0.1, 0.15) is 0 Å². The lowest BCUT2D eigenvalue weighted by Crippen LogP contribution is -2.51. The van der Waals surface area contributed by atoms with Crippen LogP contribution >= 0.6 is 0 Å². The number of hydrogen-bond donors (Lipinski definition) is 4. The average Bonchev–Trinajstić information content (AvgIpc) is 2.83. The molecular weight excluding hydrogens is 473 g/mol. The number of rotatable bonds is 9. The van der Waals surface area contributed by atoms with Crippen LogP contribution in [-0.2, 0) is 17.4 Å². The molecule has 2 amide bonds. The van der Waals surface area contributed by atoms with Gasteiger partial charge >= 0.3 is 6.18 Å². The Morgan fingerprint density at radius 3 is 2.61 bits per heavy atom. The summed E-state index contributed by atoms with van der Waals surface area (Å²) in [5.41, 5.74) is -0.617. The summed E-state index contributed by atoms with van der Waals surface area (Å²) in [6.07, 6.45) is -0.146. The van der Waals surface area contributed by atoms with Gasteiger partial charge in [0.15, 0.2) is 0 Å². The molecule has 3 atom stereocenters. The number of aromatic nitrogens is 1. The number of amides is 2. The minimum absolute atomic E-state index is 0.00929. The van der Waals surface area contributed by atoms with E-state index in [1.165, 1.54) is 6.07 Å². The summed E-state index contributed by atoms with van der Waals surface area (Å²) in [7, 11) is 0. The van der Waals surface area contributed by atoms with Crippen molar-refractivity contribution >= 4 is 11.8 Å². The highest BCUT2D eigenvalue weighted by molar-refractivity contribution is 5.96. The Labute approximate surface area is 208 Å². The smallest absolute Gasteiger partial charge is 0.352 e. The molecule has 0 spiro atoms. The minimum atomic E-state index is -4.56. The molecule has 1 aromatic carbocycles. The molecule has 0 aliphatic heterocycles. The third kappa shape index (κ3) is 7.94. The first-order valence-corrected chi connectivity index (χ1v) is 12.2. The van der Waals surface area contributed by atoms with E-state index in [2.05, 4.69) is 34.8 Å². The maximum absolute atomic E-state index is 12.9. The summed E-state index contributed by atoms with van der Waals surface area (Å²) >= 11 is 0. The SMILES string of the molecule is CC(C)CN[C@@H]1CC[C@H](NC(=O)CNC(=O)c2cccc(C(F)(F)F)c2)[C@@H](Cc2ccc[nH]c2=O)C1. The maximum Gasteiger partial charge on any atom is 0.416 e. The monoisotopic (exact) mass is 506 g/mol. The van der Waals surface area contributed by atoms with Crippen LogP contribution in [0.5, 0.6) is 0 Å². The summed E-state index contributed by atoms with van der Waals surface area (Å²) in [6, 6.07) is 7.68. The molecule has 196 valence electrons. The van der Waals surface area contributed by atoms with E-state index in [0.717, 1.165) is 37.6 Å². The van der Waals surface area contributed by atoms with Crippen LogP contribution in [-0.4, -0.2) is 42.0 Å². The summed E-state index contributed by atoms with van der Waals surface area (Å²) in [5, 5.41) is 8.92. The molecule has 36 heavy (non-hydrogen) atoms. The Kier molecular flexibility index (Phi) is 9.31. The molecule has 1 heterocycles. The van der Waals surface area contributed by atoms with Gasteiger partial charge in [-0.3, -0.25) is 14.4 Å². The highest BCUT2D eigenvalue weighted by Gasteiger charge is 2.33. The van der Waals surface area contributed by atoms with E-state index >= 15 is 0 Å². The molecule has 3 rings (SSSR count). The molecule has 4 N–H and O–H groups in total. The number of pyridine rings is 1. The van der Waals surface area contributed by atoms with E-state index in [1.807, 2.05) is 0 Å². The summed E-state index contributed by atoms with van der Waals surface area (Å²) in [6.45, 7) is 4.78. The van der Waals surface area contributed by atoms with Crippen molar-refractivity contribution in [1.29, 1.82) is 0 Å². The largest absolute Gasteiger partial charge is 0.416 e. The van der Waals surface area contributed by atoms with Crippen molar-refractivity contribution in [3.63, 3.8) is 0 Å². The maximum atomic E-state index is 12.9. The lowest BCUT2D eigenvalue weighted by molar-refractivity contribution is -0.137. The fraction of sp³-hybridized carbons (Fsp3) is 0.500. The lowest BCUT2D eigenvalue weighted by atomic mass is 9.78. The number of nitrogens with one attached hydrogen (secondary N) is 4. The van der Waals surface area contributed by atoms with Crippen molar-refractivity contribution in [3.8, 4) is 0 Å². The molecule has 1 fully saturated rings. The van der Waals surface area contributed by atoms with Crippen molar-refractivity contribution in [1.82, 2.24) is 20.9 Å². The van der Waals surface area contributed by atoms with E-state index in [4.69, 9.17) is 0 Å². The predicted molar refractivity (Wildman–Crippen MR) is 130 cm³/mol. The molecule has 1 saturated carbocycles. The van der Waals surface area contributed by atoms with Crippen LogP contribution in [0.15, 0.2) is 47.4 Å². The molecular formula is C26H33F3N4O3. The molecule has 0 unspecified atom stereocenters. The lowest BCUT2D eigenvalue weighted by Gasteiger charge is -2.37. The van der Waals surface area contributed by atoms with E-state index in [0.29, 0.717) is 24.3 Å². The highest BCUT2D eigenvalue weighted by Crippen LogP contribution is 2.30. The molecule has 0 radical (unpaired) electrons. The highest BCUT2D eigenvalue weighted by atomic mass is 19.4. The van der Waals surface area contributed by atoms with Crippen LogP contribution in [0.2, 0.25) is 0 Å². The third-order valence-electron chi connectivity index (χ3n) is 6.39. The molecule has 1 aliphatic carbocycles. The first-order valence-electron chi connectivity index (χ1n) is 12.2. The molecule has 7 nitrogen and oxygen atoms in total. The Morgan fingerprint density at radius 1 is 1.14 bits per heavy atom. The van der Waals surface area contributed by atoms with Gasteiger partial charge in [-0.2, -0.15) is 13.2 Å². The van der Waals surface area contributed by atoms with Crippen molar-refractivity contribution in [3.05, 3.63) is 69.6 Å². The Bertz CT molecular complexity index is 1100. The Balaban J connectivity index is 1.61. The van der Waals surface area contributed by atoms with Crippen molar-refractivity contribution < 1.29 is 22.8 Å². The second kappa shape index (κ2) is 12.2. The first-order chi connectivity index (χ1) is 17.0. The van der Waals surface area contributed by atoms with Crippen LogP contribution < -0.4 is 21.5 Å². The van der Waals surface area contributed by atoms with Crippen LogP contribution in [0.1, 0.15) is 54.6 Å². The fourth-order valence-electron chi connectivity index (χ4n) is 4.52. The molecule has 0 bridgehead atoms. The topological polar surface area (TPSA) is 103 Å². The summed E-state index contributed by atoms with van der Waals surface area (Å²) in [4.78, 5) is 39.9. The Morgan fingerprint density at radius 2 is 1.92 bits per heavy atom. The second-order valence-electron chi connectivity index (χ2n) is 9.74. The van der Waals surface area contributed by atoms with E-state index < -0.39 is 23.6 Å². The standard InChI is InChI=1S/C26H33F3N4O3/c1-16(2)14-31-21-8-9-22(19(13-21)11-17-6-4-10-30-24(17)35)33-23(34)15-32-25(36)18-5-3-7-20(12-18)26(27,28)29/h3-7,10,12,16,19,21-22,31H,8-9,11,13-15H2,1-2H3,(H,30,35)(H,32,36)(H,33,34)/t19-,21+,22-/m0/s1. The summed E-state index contributed by atoms with van der Waals surface area (Å²) < 4.78 is 38.8. The number of halogens is 3. The van der Waals surface area contributed by atoms with Crippen molar-refractivity contribution in [2.24, 2.45) is 11.8 Å². The first kappa shape index (κ1) is 27.4. The predicted octanol–water partition coefficient (Wildman–Crippen LogP) is 3.27. The van der Waals surface area contributed by atoms with Crippen LogP contribution in [0, 0.1) is 11.8 Å². The molecule has 10 heteroatoms. The number of carbonyl (C=O) groups excluding carboxylic acids is 2.